The Morgan fingerprint density at radius 1 is 1.27 bits per heavy atom. The Bertz CT molecular complexity index is 511. The van der Waals surface area contributed by atoms with Crippen molar-refractivity contribution < 1.29 is 9.53 Å². The minimum Gasteiger partial charge on any atom is -0.458 e. The van der Waals surface area contributed by atoms with Gasteiger partial charge in [-0.1, -0.05) is 6.07 Å². The molecule has 0 spiro atoms. The zero-order valence-corrected chi connectivity index (χ0v) is 8.22. The minimum atomic E-state index is -0.219. The molecule has 3 heteroatoms. The second-order valence-electron chi connectivity index (χ2n) is 3.82. The van der Waals surface area contributed by atoms with Gasteiger partial charge in [-0.15, -0.1) is 0 Å². The van der Waals surface area contributed by atoms with Gasteiger partial charge in [-0.3, -0.25) is 0 Å². The van der Waals surface area contributed by atoms with Crippen LogP contribution in [0.25, 0.3) is 5.52 Å². The minimum absolute atomic E-state index is 0.159. The summed E-state index contributed by atoms with van der Waals surface area (Å²) >= 11 is 0. The van der Waals surface area contributed by atoms with Gasteiger partial charge in [0, 0.05) is 11.7 Å². The number of carbonyl (C=O) groups excluding carboxylic acids is 1. The summed E-state index contributed by atoms with van der Waals surface area (Å²) in [5, 5.41) is 0. The lowest BCUT2D eigenvalue weighted by atomic mass is 10.4. The third-order valence-electron chi connectivity index (χ3n) is 2.57. The largest absolute Gasteiger partial charge is 0.458 e. The highest BCUT2D eigenvalue weighted by Gasteiger charge is 2.27. The number of pyridine rings is 1. The molecule has 0 aromatic carbocycles. The molecule has 0 amide bonds. The molecule has 3 nitrogen and oxygen atoms in total. The van der Waals surface area contributed by atoms with E-state index in [9.17, 15) is 4.79 Å². The summed E-state index contributed by atoms with van der Waals surface area (Å²) in [5.41, 5.74) is 1.62. The Hall–Kier alpha value is -1.77. The van der Waals surface area contributed by atoms with Crippen LogP contribution in [0.3, 0.4) is 0 Å². The molecule has 1 aliphatic carbocycles. The maximum atomic E-state index is 11.7. The Labute approximate surface area is 87.3 Å². The van der Waals surface area contributed by atoms with E-state index in [1.165, 1.54) is 0 Å². The van der Waals surface area contributed by atoms with Gasteiger partial charge in [0.15, 0.2) is 0 Å². The summed E-state index contributed by atoms with van der Waals surface area (Å²) in [6.07, 6.45) is 4.05. The first-order chi connectivity index (χ1) is 7.34. The predicted molar refractivity (Wildman–Crippen MR) is 55.8 cm³/mol. The van der Waals surface area contributed by atoms with Crippen molar-refractivity contribution in [3.63, 3.8) is 0 Å². The summed E-state index contributed by atoms with van der Waals surface area (Å²) < 4.78 is 7.11. The van der Waals surface area contributed by atoms with Crippen molar-refractivity contribution in [2.75, 3.05) is 0 Å². The van der Waals surface area contributed by atoms with Crippen LogP contribution in [0.15, 0.2) is 36.5 Å². The zero-order chi connectivity index (χ0) is 10.3. The lowest BCUT2D eigenvalue weighted by Crippen LogP contribution is -2.09. The lowest BCUT2D eigenvalue weighted by molar-refractivity contribution is 0.0464. The van der Waals surface area contributed by atoms with E-state index in [0.29, 0.717) is 5.69 Å². The van der Waals surface area contributed by atoms with E-state index < -0.39 is 0 Å². The molecule has 0 saturated heterocycles. The van der Waals surface area contributed by atoms with Crippen LogP contribution < -0.4 is 0 Å². The van der Waals surface area contributed by atoms with E-state index >= 15 is 0 Å². The molecule has 0 bridgehead atoms. The number of nitrogens with zero attached hydrogens (tertiary/aromatic N) is 1. The monoisotopic (exact) mass is 201 g/mol. The van der Waals surface area contributed by atoms with Gasteiger partial charge in [0.2, 0.25) is 0 Å². The molecule has 2 aromatic heterocycles. The van der Waals surface area contributed by atoms with E-state index in [2.05, 4.69) is 0 Å². The van der Waals surface area contributed by atoms with Crippen molar-refractivity contribution in [3.05, 3.63) is 42.2 Å². The number of fused-ring (bicyclic) bond motifs is 1. The molecule has 1 fully saturated rings. The van der Waals surface area contributed by atoms with Gasteiger partial charge in [0.1, 0.15) is 11.8 Å². The van der Waals surface area contributed by atoms with Crippen LogP contribution in [-0.4, -0.2) is 16.5 Å². The van der Waals surface area contributed by atoms with Gasteiger partial charge in [0.05, 0.1) is 0 Å². The molecule has 0 radical (unpaired) electrons. The molecular weight excluding hydrogens is 190 g/mol. The summed E-state index contributed by atoms with van der Waals surface area (Å²) in [6.45, 7) is 0. The highest BCUT2D eigenvalue weighted by Crippen LogP contribution is 2.25. The molecule has 1 aliphatic rings. The van der Waals surface area contributed by atoms with Crippen LogP contribution >= 0.6 is 0 Å². The van der Waals surface area contributed by atoms with Crippen molar-refractivity contribution in [2.45, 2.75) is 18.9 Å². The summed E-state index contributed by atoms with van der Waals surface area (Å²) in [5.74, 6) is -0.219. The first-order valence-electron chi connectivity index (χ1n) is 5.12. The van der Waals surface area contributed by atoms with E-state index in [1.54, 1.807) is 6.07 Å². The maximum Gasteiger partial charge on any atom is 0.355 e. The number of esters is 1. The molecular formula is C12H11NO2. The van der Waals surface area contributed by atoms with E-state index in [4.69, 9.17) is 4.74 Å². The number of hydrogen-bond acceptors (Lipinski definition) is 2. The average Bonchev–Trinajstić information content (AvgIpc) is 2.96. The van der Waals surface area contributed by atoms with Crippen LogP contribution in [-0.2, 0) is 4.74 Å². The Balaban J connectivity index is 1.98. The van der Waals surface area contributed by atoms with Crippen LogP contribution in [0.2, 0.25) is 0 Å². The van der Waals surface area contributed by atoms with Gasteiger partial charge >= 0.3 is 5.97 Å². The number of carbonyl (C=O) groups is 1. The topological polar surface area (TPSA) is 30.7 Å². The van der Waals surface area contributed by atoms with Gasteiger partial charge in [-0.25, -0.2) is 4.79 Å². The van der Waals surface area contributed by atoms with Crippen molar-refractivity contribution in [3.8, 4) is 0 Å². The van der Waals surface area contributed by atoms with Gasteiger partial charge < -0.3 is 9.14 Å². The normalized spacial score (nSPS) is 15.5. The smallest absolute Gasteiger partial charge is 0.355 e. The van der Waals surface area contributed by atoms with Crippen molar-refractivity contribution in [1.29, 1.82) is 0 Å². The molecule has 0 unspecified atom stereocenters. The highest BCUT2D eigenvalue weighted by molar-refractivity contribution is 5.89. The van der Waals surface area contributed by atoms with Crippen LogP contribution in [0.4, 0.5) is 0 Å². The summed E-state index contributed by atoms with van der Waals surface area (Å²) in [6, 6.07) is 9.55. The van der Waals surface area contributed by atoms with Crippen molar-refractivity contribution in [1.82, 2.24) is 4.40 Å². The quantitative estimate of drug-likeness (QED) is 0.698. The van der Waals surface area contributed by atoms with E-state index in [-0.39, 0.29) is 12.1 Å². The fraction of sp³-hybridized carbons (Fsp3) is 0.250. The van der Waals surface area contributed by atoms with E-state index in [0.717, 1.165) is 18.4 Å². The molecule has 2 aromatic rings. The van der Waals surface area contributed by atoms with Crippen LogP contribution in [0.1, 0.15) is 23.3 Å². The SMILES string of the molecule is O=C(OC1CC1)c1ccc2ccccn12. The van der Waals surface area contributed by atoms with E-state index in [1.807, 2.05) is 34.9 Å². The number of aromatic nitrogens is 1. The molecule has 0 N–H and O–H groups in total. The molecule has 15 heavy (non-hydrogen) atoms. The first-order valence-corrected chi connectivity index (χ1v) is 5.12. The molecule has 0 aliphatic heterocycles. The van der Waals surface area contributed by atoms with Crippen molar-refractivity contribution in [2.24, 2.45) is 0 Å². The second-order valence-corrected chi connectivity index (χ2v) is 3.82. The van der Waals surface area contributed by atoms with Gasteiger partial charge in [0.25, 0.3) is 0 Å². The fourth-order valence-corrected chi connectivity index (χ4v) is 1.62. The van der Waals surface area contributed by atoms with Gasteiger partial charge in [-0.05, 0) is 37.1 Å². The zero-order valence-electron chi connectivity index (χ0n) is 8.22. The molecule has 76 valence electrons. The average molecular weight is 201 g/mol. The Kier molecular flexibility index (Phi) is 1.78. The second kappa shape index (κ2) is 3.12. The first kappa shape index (κ1) is 8.53. The van der Waals surface area contributed by atoms with Gasteiger partial charge in [-0.2, -0.15) is 0 Å². The van der Waals surface area contributed by atoms with Crippen LogP contribution in [0.5, 0.6) is 0 Å². The lowest BCUT2D eigenvalue weighted by Gasteiger charge is -2.02. The Morgan fingerprint density at radius 3 is 2.93 bits per heavy atom. The van der Waals surface area contributed by atoms with Crippen LogP contribution in [0, 0.1) is 0 Å². The number of ether oxygens (including phenoxy) is 1. The standard InChI is InChI=1S/C12H11NO2/c14-12(15-10-5-6-10)11-7-4-9-3-1-2-8-13(9)11/h1-4,7-8,10H,5-6H2. The number of rotatable bonds is 2. The predicted octanol–water partition coefficient (Wildman–Crippen LogP) is 2.26. The number of hydrogen-bond donors (Lipinski definition) is 0. The third kappa shape index (κ3) is 1.50. The van der Waals surface area contributed by atoms with Crippen molar-refractivity contribution >= 4 is 11.5 Å². The molecule has 3 rings (SSSR count). The Morgan fingerprint density at radius 2 is 2.13 bits per heavy atom. The summed E-state index contributed by atoms with van der Waals surface area (Å²) in [7, 11) is 0. The summed E-state index contributed by atoms with van der Waals surface area (Å²) in [4.78, 5) is 11.7. The molecule has 2 heterocycles. The maximum absolute atomic E-state index is 11.7. The molecule has 1 saturated carbocycles. The third-order valence-corrected chi connectivity index (χ3v) is 2.57. The highest BCUT2D eigenvalue weighted by atomic mass is 16.5. The fourth-order valence-electron chi connectivity index (χ4n) is 1.62. The molecule has 0 atom stereocenters.